The van der Waals surface area contributed by atoms with Crippen molar-refractivity contribution in [3.8, 4) is 5.75 Å². The molecule has 0 unspecified atom stereocenters. The highest BCUT2D eigenvalue weighted by atomic mass is 35.5. The molecule has 2 aliphatic rings. The number of hydrogen-bond donors (Lipinski definition) is 1. The lowest BCUT2D eigenvalue weighted by molar-refractivity contribution is -0.139. The number of hydrogen-bond acceptors (Lipinski definition) is 6. The highest BCUT2D eigenvalue weighted by Gasteiger charge is 2.37. The standard InChI is InChI=1S/C16H15ClN2O5S/c17-11-1-2-12(20)10(7-11)8-13-15(22)19(16(23)25-13)9-14(21)18-3-5-24-6-4-18/h1-2,7-8,20H,3-6,9H2/b13-8+. The topological polar surface area (TPSA) is 87.2 Å². The molecule has 132 valence electrons. The second-order valence-electron chi connectivity index (χ2n) is 5.46. The fourth-order valence-electron chi connectivity index (χ4n) is 2.47. The lowest BCUT2D eigenvalue weighted by Crippen LogP contribution is -2.46. The molecule has 3 amide bonds. The number of carbonyl (C=O) groups is 3. The van der Waals surface area contributed by atoms with E-state index in [0.717, 1.165) is 16.7 Å². The number of halogens is 1. The Labute approximate surface area is 153 Å². The Hall–Kier alpha value is -2.03. The van der Waals surface area contributed by atoms with Crippen molar-refractivity contribution in [2.75, 3.05) is 32.8 Å². The molecule has 2 saturated heterocycles. The summed E-state index contributed by atoms with van der Waals surface area (Å²) in [6, 6.07) is 4.41. The van der Waals surface area contributed by atoms with Crippen molar-refractivity contribution >= 4 is 46.5 Å². The molecule has 0 aromatic heterocycles. The Morgan fingerprint density at radius 2 is 2.04 bits per heavy atom. The molecule has 0 bridgehead atoms. The number of phenolic OH excluding ortho intramolecular Hbond substituents is 1. The lowest BCUT2D eigenvalue weighted by atomic mass is 10.2. The van der Waals surface area contributed by atoms with Crippen LogP contribution in [0, 0.1) is 0 Å². The van der Waals surface area contributed by atoms with Crippen LogP contribution in [0.4, 0.5) is 4.79 Å². The Morgan fingerprint density at radius 1 is 1.32 bits per heavy atom. The van der Waals surface area contributed by atoms with Crippen molar-refractivity contribution < 1.29 is 24.2 Å². The lowest BCUT2D eigenvalue weighted by Gasteiger charge is -2.28. The van der Waals surface area contributed by atoms with Crippen LogP contribution in [0.3, 0.4) is 0 Å². The Kier molecular flexibility index (Phi) is 5.31. The molecular weight excluding hydrogens is 368 g/mol. The summed E-state index contributed by atoms with van der Waals surface area (Å²) in [6.45, 7) is 1.48. The largest absolute Gasteiger partial charge is 0.507 e. The molecule has 2 heterocycles. The van der Waals surface area contributed by atoms with Gasteiger partial charge in [-0.2, -0.15) is 0 Å². The predicted octanol–water partition coefficient (Wildman–Crippen LogP) is 1.94. The van der Waals surface area contributed by atoms with Gasteiger partial charge in [0.05, 0.1) is 18.1 Å². The molecule has 0 spiro atoms. The van der Waals surface area contributed by atoms with Crippen molar-refractivity contribution in [2.45, 2.75) is 0 Å². The minimum absolute atomic E-state index is 0.0550. The van der Waals surface area contributed by atoms with Crippen molar-refractivity contribution in [3.63, 3.8) is 0 Å². The van der Waals surface area contributed by atoms with Crippen LogP contribution in [0.15, 0.2) is 23.1 Å². The minimum Gasteiger partial charge on any atom is -0.507 e. The van der Waals surface area contributed by atoms with E-state index in [2.05, 4.69) is 0 Å². The second-order valence-corrected chi connectivity index (χ2v) is 6.89. The number of morpholine rings is 1. The molecule has 9 heteroatoms. The SMILES string of the molecule is O=C(CN1C(=O)S/C(=C/c2cc(Cl)ccc2O)C1=O)N1CCOCC1. The zero-order valence-electron chi connectivity index (χ0n) is 13.1. The monoisotopic (exact) mass is 382 g/mol. The van der Waals surface area contributed by atoms with E-state index in [0.29, 0.717) is 36.9 Å². The average Bonchev–Trinajstić information content (AvgIpc) is 2.86. The fourth-order valence-corrected chi connectivity index (χ4v) is 3.48. The maximum absolute atomic E-state index is 12.4. The summed E-state index contributed by atoms with van der Waals surface area (Å²) in [5.41, 5.74) is 0.331. The van der Waals surface area contributed by atoms with Gasteiger partial charge in [-0.15, -0.1) is 0 Å². The van der Waals surface area contributed by atoms with Crippen LogP contribution in [0.1, 0.15) is 5.56 Å². The Bertz CT molecular complexity index is 761. The maximum Gasteiger partial charge on any atom is 0.294 e. The van der Waals surface area contributed by atoms with Crippen LogP contribution in [-0.2, 0) is 14.3 Å². The summed E-state index contributed by atoms with van der Waals surface area (Å²) in [5.74, 6) is -0.908. The van der Waals surface area contributed by atoms with Gasteiger partial charge in [0.1, 0.15) is 12.3 Å². The molecule has 0 radical (unpaired) electrons. The van der Waals surface area contributed by atoms with Gasteiger partial charge in [-0.3, -0.25) is 19.3 Å². The number of amides is 3. The third kappa shape index (κ3) is 3.97. The van der Waals surface area contributed by atoms with Crippen LogP contribution in [0.25, 0.3) is 6.08 Å². The molecule has 7 nitrogen and oxygen atoms in total. The third-order valence-corrected chi connectivity index (χ3v) is 4.95. The van der Waals surface area contributed by atoms with E-state index in [9.17, 15) is 19.5 Å². The number of thioether (sulfide) groups is 1. The van der Waals surface area contributed by atoms with E-state index < -0.39 is 11.1 Å². The first-order valence-electron chi connectivity index (χ1n) is 7.55. The van der Waals surface area contributed by atoms with Crippen molar-refractivity contribution in [2.24, 2.45) is 0 Å². The molecule has 1 aromatic rings. The van der Waals surface area contributed by atoms with E-state index in [-0.39, 0.29) is 23.1 Å². The van der Waals surface area contributed by atoms with Crippen molar-refractivity contribution in [1.29, 1.82) is 0 Å². The van der Waals surface area contributed by atoms with Gasteiger partial charge in [-0.1, -0.05) is 11.6 Å². The van der Waals surface area contributed by atoms with Gasteiger partial charge < -0.3 is 14.7 Å². The number of imide groups is 1. The third-order valence-electron chi connectivity index (χ3n) is 3.81. The molecule has 3 rings (SSSR count). The first-order valence-corrected chi connectivity index (χ1v) is 8.74. The number of phenols is 1. The van der Waals surface area contributed by atoms with Gasteiger partial charge in [0.2, 0.25) is 5.91 Å². The molecule has 2 aliphatic heterocycles. The molecule has 0 aliphatic carbocycles. The van der Waals surface area contributed by atoms with Crippen LogP contribution in [-0.4, -0.2) is 64.8 Å². The van der Waals surface area contributed by atoms with E-state index in [1.54, 1.807) is 4.90 Å². The number of rotatable bonds is 3. The summed E-state index contributed by atoms with van der Waals surface area (Å²) in [7, 11) is 0. The van der Waals surface area contributed by atoms with Gasteiger partial charge in [-0.05, 0) is 36.0 Å². The average molecular weight is 383 g/mol. The highest BCUT2D eigenvalue weighted by molar-refractivity contribution is 8.18. The molecule has 1 aromatic carbocycles. The molecular formula is C16H15ClN2O5S. The Balaban J connectivity index is 1.74. The van der Waals surface area contributed by atoms with E-state index >= 15 is 0 Å². The van der Waals surface area contributed by atoms with Crippen LogP contribution >= 0.6 is 23.4 Å². The maximum atomic E-state index is 12.4. The normalized spacial score (nSPS) is 19.8. The van der Waals surface area contributed by atoms with Gasteiger partial charge >= 0.3 is 0 Å². The molecule has 0 saturated carbocycles. The summed E-state index contributed by atoms with van der Waals surface area (Å²) < 4.78 is 5.18. The zero-order chi connectivity index (χ0) is 18.0. The number of ether oxygens (including phenoxy) is 1. The number of carbonyl (C=O) groups excluding carboxylic acids is 3. The van der Waals surface area contributed by atoms with E-state index in [1.807, 2.05) is 0 Å². The van der Waals surface area contributed by atoms with Crippen LogP contribution < -0.4 is 0 Å². The minimum atomic E-state index is -0.559. The molecule has 25 heavy (non-hydrogen) atoms. The fraction of sp³-hybridized carbons (Fsp3) is 0.312. The van der Waals surface area contributed by atoms with Crippen molar-refractivity contribution in [1.82, 2.24) is 9.80 Å². The van der Waals surface area contributed by atoms with Gasteiger partial charge in [0.25, 0.3) is 11.1 Å². The summed E-state index contributed by atoms with van der Waals surface area (Å²) in [5, 5.41) is 9.71. The summed E-state index contributed by atoms with van der Waals surface area (Å²) in [6.07, 6.45) is 1.39. The van der Waals surface area contributed by atoms with Crippen LogP contribution in [0.5, 0.6) is 5.75 Å². The highest BCUT2D eigenvalue weighted by Crippen LogP contribution is 2.34. The van der Waals surface area contributed by atoms with Gasteiger partial charge in [0, 0.05) is 23.7 Å². The van der Waals surface area contributed by atoms with Gasteiger partial charge in [0.15, 0.2) is 0 Å². The molecule has 1 N–H and O–H groups in total. The number of aromatic hydroxyl groups is 1. The quantitative estimate of drug-likeness (QED) is 0.804. The van der Waals surface area contributed by atoms with E-state index in [1.165, 1.54) is 24.3 Å². The van der Waals surface area contributed by atoms with E-state index in [4.69, 9.17) is 16.3 Å². The summed E-state index contributed by atoms with van der Waals surface area (Å²) in [4.78, 5) is 39.4. The van der Waals surface area contributed by atoms with Gasteiger partial charge in [-0.25, -0.2) is 0 Å². The smallest absolute Gasteiger partial charge is 0.294 e. The molecule has 0 atom stereocenters. The first kappa shape index (κ1) is 17.8. The summed E-state index contributed by atoms with van der Waals surface area (Å²) >= 11 is 6.61. The predicted molar refractivity (Wildman–Crippen MR) is 93.2 cm³/mol. The zero-order valence-corrected chi connectivity index (χ0v) is 14.7. The molecule has 2 fully saturated rings. The number of nitrogens with zero attached hydrogens (tertiary/aromatic N) is 2. The van der Waals surface area contributed by atoms with Crippen molar-refractivity contribution in [3.05, 3.63) is 33.7 Å². The second kappa shape index (κ2) is 7.47. The first-order chi connectivity index (χ1) is 12.0. The van der Waals surface area contributed by atoms with Crippen LogP contribution in [0.2, 0.25) is 5.02 Å². The number of benzene rings is 1. The Morgan fingerprint density at radius 3 is 2.76 bits per heavy atom.